The molecule has 2 N–H and O–H groups in total. The van der Waals surface area contributed by atoms with E-state index in [0.29, 0.717) is 18.7 Å². The number of amides is 1. The first kappa shape index (κ1) is 14.2. The molecule has 1 rings (SSSR count). The van der Waals surface area contributed by atoms with Crippen molar-refractivity contribution < 1.29 is 14.6 Å². The van der Waals surface area contributed by atoms with E-state index in [1.165, 1.54) is 6.07 Å². The van der Waals surface area contributed by atoms with Crippen molar-refractivity contribution in [1.82, 2.24) is 5.32 Å². The number of rotatable bonds is 5. The zero-order chi connectivity index (χ0) is 12.8. The minimum atomic E-state index is -0.205. The SMILES string of the molecule is CC(C)OCCNC(=O)c1ccc(I)c(O)c1. The molecule has 0 unspecified atom stereocenters. The van der Waals surface area contributed by atoms with Crippen LogP contribution < -0.4 is 5.32 Å². The second-order valence-electron chi connectivity index (χ2n) is 3.84. The molecule has 94 valence electrons. The van der Waals surface area contributed by atoms with Crippen LogP contribution in [0.15, 0.2) is 18.2 Å². The first-order chi connectivity index (χ1) is 8.00. The monoisotopic (exact) mass is 349 g/mol. The van der Waals surface area contributed by atoms with E-state index in [0.717, 1.165) is 3.57 Å². The zero-order valence-corrected chi connectivity index (χ0v) is 12.0. The highest BCUT2D eigenvalue weighted by molar-refractivity contribution is 14.1. The third kappa shape index (κ3) is 4.91. The van der Waals surface area contributed by atoms with Crippen LogP contribution in [0.1, 0.15) is 24.2 Å². The van der Waals surface area contributed by atoms with Gasteiger partial charge in [0.05, 0.1) is 16.3 Å². The van der Waals surface area contributed by atoms with Crippen LogP contribution in [0, 0.1) is 3.57 Å². The number of hydrogen-bond acceptors (Lipinski definition) is 3. The number of phenols is 1. The van der Waals surface area contributed by atoms with Crippen molar-refractivity contribution in [2.24, 2.45) is 0 Å². The first-order valence-corrected chi connectivity index (χ1v) is 6.47. The fourth-order valence-electron chi connectivity index (χ4n) is 1.22. The summed E-state index contributed by atoms with van der Waals surface area (Å²) in [5, 5.41) is 12.2. The van der Waals surface area contributed by atoms with Gasteiger partial charge in [-0.25, -0.2) is 0 Å². The van der Waals surface area contributed by atoms with Gasteiger partial charge in [-0.15, -0.1) is 0 Å². The molecule has 0 atom stereocenters. The Bertz CT molecular complexity index is 393. The Morgan fingerprint density at radius 2 is 2.24 bits per heavy atom. The molecule has 0 fully saturated rings. The Morgan fingerprint density at radius 1 is 1.53 bits per heavy atom. The predicted octanol–water partition coefficient (Wildman–Crippen LogP) is 2.15. The summed E-state index contributed by atoms with van der Waals surface area (Å²) in [6, 6.07) is 4.84. The number of phenolic OH excluding ortho intramolecular Hbond substituents is 1. The van der Waals surface area contributed by atoms with Crippen molar-refractivity contribution in [3.8, 4) is 5.75 Å². The fourth-order valence-corrected chi connectivity index (χ4v) is 1.55. The molecule has 1 aromatic carbocycles. The third-order valence-electron chi connectivity index (χ3n) is 2.05. The number of halogens is 1. The van der Waals surface area contributed by atoms with Crippen LogP contribution in [0.5, 0.6) is 5.75 Å². The lowest BCUT2D eigenvalue weighted by atomic mass is 10.2. The summed E-state index contributed by atoms with van der Waals surface area (Å²) >= 11 is 2.00. The molecule has 0 saturated heterocycles. The van der Waals surface area contributed by atoms with E-state index in [4.69, 9.17) is 4.74 Å². The van der Waals surface area contributed by atoms with Gasteiger partial charge >= 0.3 is 0 Å². The lowest BCUT2D eigenvalue weighted by molar-refractivity contribution is 0.0746. The second-order valence-corrected chi connectivity index (χ2v) is 5.00. The normalized spacial score (nSPS) is 10.6. The number of ether oxygens (including phenoxy) is 1. The van der Waals surface area contributed by atoms with E-state index in [1.54, 1.807) is 12.1 Å². The topological polar surface area (TPSA) is 58.6 Å². The molecular formula is C12H16INO3. The van der Waals surface area contributed by atoms with E-state index in [1.807, 2.05) is 36.4 Å². The molecule has 0 aliphatic rings. The second kappa shape index (κ2) is 6.80. The van der Waals surface area contributed by atoms with Gasteiger partial charge in [-0.2, -0.15) is 0 Å². The van der Waals surface area contributed by atoms with Gasteiger partial charge < -0.3 is 15.2 Å². The molecule has 0 saturated carbocycles. The number of carbonyl (C=O) groups is 1. The molecule has 0 aromatic heterocycles. The van der Waals surface area contributed by atoms with Crippen LogP contribution in [0.25, 0.3) is 0 Å². The summed E-state index contributed by atoms with van der Waals surface area (Å²) in [5.74, 6) is -0.0827. The Hall–Kier alpha value is -0.820. The maximum absolute atomic E-state index is 11.7. The van der Waals surface area contributed by atoms with Crippen molar-refractivity contribution in [2.75, 3.05) is 13.2 Å². The molecule has 0 aliphatic carbocycles. The minimum absolute atomic E-state index is 0.122. The highest BCUT2D eigenvalue weighted by atomic mass is 127. The molecule has 4 nitrogen and oxygen atoms in total. The zero-order valence-electron chi connectivity index (χ0n) is 9.87. The summed E-state index contributed by atoms with van der Waals surface area (Å²) in [5.41, 5.74) is 0.451. The summed E-state index contributed by atoms with van der Waals surface area (Å²) in [6.45, 7) is 4.83. The summed E-state index contributed by atoms with van der Waals surface area (Å²) in [6.07, 6.45) is 0.161. The van der Waals surface area contributed by atoms with Crippen LogP contribution in [0.2, 0.25) is 0 Å². The Labute approximate surface area is 115 Å². The van der Waals surface area contributed by atoms with Gasteiger partial charge in [0.1, 0.15) is 5.75 Å². The molecule has 17 heavy (non-hydrogen) atoms. The van der Waals surface area contributed by atoms with Gasteiger partial charge in [0.2, 0.25) is 0 Å². The molecule has 1 amide bonds. The van der Waals surface area contributed by atoms with E-state index < -0.39 is 0 Å². The number of nitrogens with one attached hydrogen (secondary N) is 1. The van der Waals surface area contributed by atoms with Crippen molar-refractivity contribution in [3.05, 3.63) is 27.3 Å². The average Bonchev–Trinajstić information content (AvgIpc) is 2.27. The summed E-state index contributed by atoms with van der Waals surface area (Å²) in [7, 11) is 0. The molecule has 0 spiro atoms. The van der Waals surface area contributed by atoms with Crippen molar-refractivity contribution in [1.29, 1.82) is 0 Å². The summed E-state index contributed by atoms with van der Waals surface area (Å²) in [4.78, 5) is 11.7. The van der Waals surface area contributed by atoms with Crippen molar-refractivity contribution in [2.45, 2.75) is 20.0 Å². The van der Waals surface area contributed by atoms with Gasteiger partial charge in [-0.1, -0.05) is 0 Å². The van der Waals surface area contributed by atoms with E-state index in [9.17, 15) is 9.90 Å². The van der Waals surface area contributed by atoms with Crippen LogP contribution in [0.3, 0.4) is 0 Å². The lowest BCUT2D eigenvalue weighted by Gasteiger charge is -2.09. The van der Waals surface area contributed by atoms with E-state index >= 15 is 0 Å². The number of hydrogen-bond donors (Lipinski definition) is 2. The standard InChI is InChI=1S/C12H16INO3/c1-8(2)17-6-5-14-12(16)9-3-4-10(13)11(15)7-9/h3-4,7-8,15H,5-6H2,1-2H3,(H,14,16). The fraction of sp³-hybridized carbons (Fsp3) is 0.417. The van der Waals surface area contributed by atoms with Crippen LogP contribution in [-0.2, 0) is 4.74 Å². The minimum Gasteiger partial charge on any atom is -0.507 e. The molecule has 0 aliphatic heterocycles. The van der Waals surface area contributed by atoms with Crippen LogP contribution in [-0.4, -0.2) is 30.3 Å². The largest absolute Gasteiger partial charge is 0.507 e. The Morgan fingerprint density at radius 3 is 2.82 bits per heavy atom. The molecule has 1 aromatic rings. The maximum atomic E-state index is 11.7. The Balaban J connectivity index is 2.44. The van der Waals surface area contributed by atoms with Gasteiger partial charge in [0, 0.05) is 12.1 Å². The van der Waals surface area contributed by atoms with Crippen LogP contribution in [0.4, 0.5) is 0 Å². The van der Waals surface area contributed by atoms with E-state index in [2.05, 4.69) is 5.32 Å². The predicted molar refractivity (Wildman–Crippen MR) is 74.2 cm³/mol. The molecular weight excluding hydrogens is 333 g/mol. The highest BCUT2D eigenvalue weighted by Gasteiger charge is 2.07. The molecule has 0 radical (unpaired) electrons. The average molecular weight is 349 g/mol. The smallest absolute Gasteiger partial charge is 0.251 e. The Kier molecular flexibility index (Phi) is 5.70. The third-order valence-corrected chi connectivity index (χ3v) is 2.96. The van der Waals surface area contributed by atoms with Crippen molar-refractivity contribution >= 4 is 28.5 Å². The van der Waals surface area contributed by atoms with Crippen LogP contribution >= 0.6 is 22.6 Å². The highest BCUT2D eigenvalue weighted by Crippen LogP contribution is 2.20. The molecule has 0 heterocycles. The van der Waals surface area contributed by atoms with Gasteiger partial charge in [-0.05, 0) is 54.6 Å². The first-order valence-electron chi connectivity index (χ1n) is 5.39. The summed E-state index contributed by atoms with van der Waals surface area (Å²) < 4.78 is 6.03. The number of carbonyl (C=O) groups excluding carboxylic acids is 1. The van der Waals surface area contributed by atoms with Gasteiger partial charge in [-0.3, -0.25) is 4.79 Å². The number of aromatic hydroxyl groups is 1. The van der Waals surface area contributed by atoms with Crippen molar-refractivity contribution in [3.63, 3.8) is 0 Å². The molecule has 0 bridgehead atoms. The maximum Gasteiger partial charge on any atom is 0.251 e. The quantitative estimate of drug-likeness (QED) is 0.633. The van der Waals surface area contributed by atoms with E-state index in [-0.39, 0.29) is 17.8 Å². The van der Waals surface area contributed by atoms with Gasteiger partial charge in [0.15, 0.2) is 0 Å². The molecule has 5 heteroatoms. The van der Waals surface area contributed by atoms with Gasteiger partial charge in [0.25, 0.3) is 5.91 Å². The lowest BCUT2D eigenvalue weighted by Crippen LogP contribution is -2.28. The number of benzene rings is 1.